The number of halogens is 3. The standard InChI is InChI=1S/C9H6BrF2N3S2/c10-5-1-2-6(11)4(7(5)12)3-16-9-15-14-8(13)17-9/h1-2H,3H2,(H2,13,14). The number of nitrogen functional groups attached to an aromatic ring is 1. The number of thioether (sulfide) groups is 1. The second-order valence-corrected chi connectivity index (χ2v) is 6.10. The molecule has 0 aliphatic rings. The number of hydrogen-bond acceptors (Lipinski definition) is 5. The predicted octanol–water partition coefficient (Wildman–Crippen LogP) is 3.45. The fourth-order valence-electron chi connectivity index (χ4n) is 1.11. The summed E-state index contributed by atoms with van der Waals surface area (Å²) in [5.74, 6) is -1.02. The van der Waals surface area contributed by atoms with Gasteiger partial charge in [0.15, 0.2) is 4.34 Å². The summed E-state index contributed by atoms with van der Waals surface area (Å²) < 4.78 is 27.8. The lowest BCUT2D eigenvalue weighted by molar-refractivity contribution is 0.562. The van der Waals surface area contributed by atoms with E-state index >= 15 is 0 Å². The van der Waals surface area contributed by atoms with Gasteiger partial charge < -0.3 is 5.73 Å². The van der Waals surface area contributed by atoms with Crippen molar-refractivity contribution in [3.63, 3.8) is 0 Å². The quantitative estimate of drug-likeness (QED) is 0.688. The minimum Gasteiger partial charge on any atom is -0.374 e. The van der Waals surface area contributed by atoms with E-state index in [0.29, 0.717) is 9.47 Å². The summed E-state index contributed by atoms with van der Waals surface area (Å²) >= 11 is 5.39. The summed E-state index contributed by atoms with van der Waals surface area (Å²) in [7, 11) is 0. The molecule has 8 heteroatoms. The fourth-order valence-corrected chi connectivity index (χ4v) is 3.13. The summed E-state index contributed by atoms with van der Waals surface area (Å²) in [5, 5.41) is 7.72. The van der Waals surface area contributed by atoms with Crippen molar-refractivity contribution in [1.82, 2.24) is 10.2 Å². The van der Waals surface area contributed by atoms with Gasteiger partial charge >= 0.3 is 0 Å². The molecule has 3 nitrogen and oxygen atoms in total. The number of hydrogen-bond donors (Lipinski definition) is 1. The van der Waals surface area contributed by atoms with E-state index in [4.69, 9.17) is 5.73 Å². The smallest absolute Gasteiger partial charge is 0.203 e. The number of benzene rings is 1. The molecular weight excluding hydrogens is 332 g/mol. The average Bonchev–Trinajstić information content (AvgIpc) is 2.70. The molecule has 0 aliphatic heterocycles. The highest BCUT2D eigenvalue weighted by Gasteiger charge is 2.13. The Hall–Kier alpha value is -0.730. The van der Waals surface area contributed by atoms with Crippen molar-refractivity contribution in [1.29, 1.82) is 0 Å². The molecule has 0 amide bonds. The minimum atomic E-state index is -0.588. The topological polar surface area (TPSA) is 51.8 Å². The molecule has 1 aromatic heterocycles. The van der Waals surface area contributed by atoms with Crippen molar-refractivity contribution >= 4 is 44.2 Å². The number of aromatic nitrogens is 2. The molecule has 0 saturated carbocycles. The van der Waals surface area contributed by atoms with Crippen LogP contribution < -0.4 is 5.73 Å². The van der Waals surface area contributed by atoms with Gasteiger partial charge in [-0.2, -0.15) is 0 Å². The van der Waals surface area contributed by atoms with Crippen LogP contribution in [0.3, 0.4) is 0 Å². The molecule has 1 heterocycles. The normalized spacial score (nSPS) is 10.8. The third-order valence-corrected chi connectivity index (χ3v) is 4.43. The van der Waals surface area contributed by atoms with Gasteiger partial charge in [0.2, 0.25) is 5.13 Å². The Balaban J connectivity index is 2.16. The van der Waals surface area contributed by atoms with Crippen LogP contribution in [-0.4, -0.2) is 10.2 Å². The molecule has 0 aliphatic carbocycles. The zero-order valence-electron chi connectivity index (χ0n) is 8.28. The van der Waals surface area contributed by atoms with E-state index in [1.54, 1.807) is 0 Å². The Morgan fingerprint density at radius 2 is 2.12 bits per heavy atom. The summed E-state index contributed by atoms with van der Waals surface area (Å²) in [6, 6.07) is 2.55. The van der Waals surface area contributed by atoms with E-state index < -0.39 is 11.6 Å². The minimum absolute atomic E-state index is 0.0122. The molecule has 0 saturated heterocycles. The molecule has 0 fully saturated rings. The van der Waals surface area contributed by atoms with Crippen LogP contribution in [0, 0.1) is 11.6 Å². The molecule has 2 aromatic rings. The van der Waals surface area contributed by atoms with Crippen molar-refractivity contribution in [3.8, 4) is 0 Å². The van der Waals surface area contributed by atoms with Crippen LogP contribution in [0.4, 0.5) is 13.9 Å². The van der Waals surface area contributed by atoms with Crippen molar-refractivity contribution in [2.75, 3.05) is 5.73 Å². The Labute approximate surface area is 113 Å². The maximum Gasteiger partial charge on any atom is 0.203 e. The molecule has 0 unspecified atom stereocenters. The molecule has 2 N–H and O–H groups in total. The van der Waals surface area contributed by atoms with Gasteiger partial charge in [-0.3, -0.25) is 0 Å². The lowest BCUT2D eigenvalue weighted by Crippen LogP contribution is -1.94. The van der Waals surface area contributed by atoms with Crippen molar-refractivity contribution < 1.29 is 8.78 Å². The van der Waals surface area contributed by atoms with Crippen LogP contribution in [0.2, 0.25) is 0 Å². The average molecular weight is 338 g/mol. The molecule has 1 aromatic carbocycles. The molecular formula is C9H6BrF2N3S2. The molecule has 0 spiro atoms. The largest absolute Gasteiger partial charge is 0.374 e. The SMILES string of the molecule is Nc1nnc(SCc2c(F)ccc(Br)c2F)s1. The number of nitrogens with two attached hydrogens (primary N) is 1. The maximum absolute atomic E-state index is 13.6. The Morgan fingerprint density at radius 1 is 1.35 bits per heavy atom. The predicted molar refractivity (Wildman–Crippen MR) is 67.9 cm³/mol. The first-order chi connectivity index (χ1) is 8.08. The lowest BCUT2D eigenvalue weighted by atomic mass is 10.2. The highest BCUT2D eigenvalue weighted by molar-refractivity contribution is 9.10. The van der Waals surface area contributed by atoms with Gasteiger partial charge in [0.1, 0.15) is 11.6 Å². The van der Waals surface area contributed by atoms with Crippen LogP contribution >= 0.6 is 39.0 Å². The zero-order chi connectivity index (χ0) is 12.4. The molecule has 0 atom stereocenters. The van der Waals surface area contributed by atoms with Gasteiger partial charge in [-0.25, -0.2) is 8.78 Å². The molecule has 0 radical (unpaired) electrons. The van der Waals surface area contributed by atoms with Gasteiger partial charge in [-0.15, -0.1) is 10.2 Å². The van der Waals surface area contributed by atoms with Gasteiger partial charge in [-0.1, -0.05) is 23.1 Å². The number of rotatable bonds is 3. The molecule has 0 bridgehead atoms. The number of anilines is 1. The molecule has 17 heavy (non-hydrogen) atoms. The second kappa shape index (κ2) is 5.28. The van der Waals surface area contributed by atoms with E-state index in [9.17, 15) is 8.78 Å². The van der Waals surface area contributed by atoms with Crippen LogP contribution in [0.1, 0.15) is 5.56 Å². The van der Waals surface area contributed by atoms with Crippen molar-refractivity contribution in [3.05, 3.63) is 33.8 Å². The lowest BCUT2D eigenvalue weighted by Gasteiger charge is -2.04. The first-order valence-corrected chi connectivity index (χ1v) is 7.01. The summed E-state index contributed by atoms with van der Waals surface area (Å²) in [6.45, 7) is 0. The van der Waals surface area contributed by atoms with E-state index in [0.717, 1.165) is 0 Å². The number of nitrogens with zero attached hydrogens (tertiary/aromatic N) is 2. The maximum atomic E-state index is 13.6. The summed E-state index contributed by atoms with van der Waals surface area (Å²) in [5.41, 5.74) is 5.42. The first kappa shape index (κ1) is 12.7. The summed E-state index contributed by atoms with van der Waals surface area (Å²) in [4.78, 5) is 0. The van der Waals surface area contributed by atoms with Gasteiger partial charge in [0, 0.05) is 11.3 Å². The van der Waals surface area contributed by atoms with E-state index in [2.05, 4.69) is 26.1 Å². The van der Waals surface area contributed by atoms with Crippen LogP contribution in [0.25, 0.3) is 0 Å². The first-order valence-electron chi connectivity index (χ1n) is 4.42. The Kier molecular flexibility index (Phi) is 3.95. The van der Waals surface area contributed by atoms with E-state index in [1.807, 2.05) is 0 Å². The molecule has 2 rings (SSSR count). The third-order valence-electron chi connectivity index (χ3n) is 1.90. The van der Waals surface area contributed by atoms with Crippen LogP contribution in [0.15, 0.2) is 20.9 Å². The Bertz CT molecular complexity index is 547. The van der Waals surface area contributed by atoms with Gasteiger partial charge in [0.05, 0.1) is 4.47 Å². The van der Waals surface area contributed by atoms with Crippen LogP contribution in [0.5, 0.6) is 0 Å². The second-order valence-electron chi connectivity index (χ2n) is 3.02. The van der Waals surface area contributed by atoms with Crippen molar-refractivity contribution in [2.45, 2.75) is 10.1 Å². The summed E-state index contributed by atoms with van der Waals surface area (Å²) in [6.07, 6.45) is 0. The van der Waals surface area contributed by atoms with Gasteiger partial charge in [0.25, 0.3) is 0 Å². The third kappa shape index (κ3) is 2.93. The zero-order valence-corrected chi connectivity index (χ0v) is 11.5. The van der Waals surface area contributed by atoms with E-state index in [-0.39, 0.29) is 15.8 Å². The van der Waals surface area contributed by atoms with Crippen LogP contribution in [-0.2, 0) is 5.75 Å². The fraction of sp³-hybridized carbons (Fsp3) is 0.111. The highest BCUT2D eigenvalue weighted by Crippen LogP contribution is 2.30. The monoisotopic (exact) mass is 337 g/mol. The van der Waals surface area contributed by atoms with E-state index in [1.165, 1.54) is 35.2 Å². The Morgan fingerprint density at radius 3 is 2.76 bits per heavy atom. The van der Waals surface area contributed by atoms with Gasteiger partial charge in [-0.05, 0) is 28.1 Å². The highest BCUT2D eigenvalue weighted by atomic mass is 79.9. The van der Waals surface area contributed by atoms with Crippen molar-refractivity contribution in [2.24, 2.45) is 0 Å². The molecule has 90 valence electrons.